The molecule has 4 rings (SSSR count). The van der Waals surface area contributed by atoms with Crippen molar-refractivity contribution in [3.63, 3.8) is 0 Å². The van der Waals surface area contributed by atoms with Crippen molar-refractivity contribution in [1.29, 1.82) is 0 Å². The molecule has 0 atom stereocenters. The van der Waals surface area contributed by atoms with Crippen molar-refractivity contribution in [2.75, 3.05) is 0 Å². The van der Waals surface area contributed by atoms with Crippen LogP contribution in [0.4, 0.5) is 0 Å². The van der Waals surface area contributed by atoms with Crippen molar-refractivity contribution < 1.29 is 4.52 Å². The van der Waals surface area contributed by atoms with Crippen molar-refractivity contribution in [3.8, 4) is 22.6 Å². The average molecular weight is 356 g/mol. The molecule has 0 saturated heterocycles. The van der Waals surface area contributed by atoms with Crippen LogP contribution in [0.5, 0.6) is 0 Å². The summed E-state index contributed by atoms with van der Waals surface area (Å²) in [4.78, 5) is 4.21. The topological polar surface area (TPSA) is 38.9 Å². The van der Waals surface area contributed by atoms with Crippen LogP contribution in [-0.4, -0.2) is 10.1 Å². The highest BCUT2D eigenvalue weighted by molar-refractivity contribution is 5.86. The molecule has 0 aliphatic heterocycles. The van der Waals surface area contributed by atoms with Crippen LogP contribution in [0, 0.1) is 0 Å². The third-order valence-electron chi connectivity index (χ3n) is 5.28. The molecule has 0 aliphatic rings. The predicted octanol–water partition coefficient (Wildman–Crippen LogP) is 6.24. The molecule has 0 amide bonds. The summed E-state index contributed by atoms with van der Waals surface area (Å²) < 4.78 is 5.72. The highest BCUT2D eigenvalue weighted by Gasteiger charge is 2.13. The minimum atomic E-state index is 0.823. The summed E-state index contributed by atoms with van der Waals surface area (Å²) in [5.41, 5.74) is 7.30. The third-order valence-corrected chi connectivity index (χ3v) is 5.28. The van der Waals surface area contributed by atoms with Gasteiger partial charge in [-0.15, -0.1) is 0 Å². The number of benzene rings is 2. The van der Waals surface area contributed by atoms with Gasteiger partial charge >= 0.3 is 0 Å². The lowest BCUT2D eigenvalue weighted by molar-refractivity contribution is 0.435. The second-order valence-corrected chi connectivity index (χ2v) is 6.85. The average Bonchev–Trinajstić information content (AvgIpc) is 3.22. The van der Waals surface area contributed by atoms with Crippen LogP contribution in [-0.2, 0) is 19.3 Å². The quantitative estimate of drug-likeness (QED) is 0.424. The molecule has 0 unspecified atom stereocenters. The molecule has 0 radical (unpaired) electrons. The van der Waals surface area contributed by atoms with E-state index in [0.717, 1.165) is 47.2 Å². The van der Waals surface area contributed by atoms with Gasteiger partial charge < -0.3 is 4.52 Å². The van der Waals surface area contributed by atoms with E-state index < -0.39 is 0 Å². The van der Waals surface area contributed by atoms with E-state index in [9.17, 15) is 0 Å². The molecule has 27 heavy (non-hydrogen) atoms. The number of hydrogen-bond donors (Lipinski definition) is 0. The summed E-state index contributed by atoms with van der Waals surface area (Å²) in [6.45, 7) is 6.66. The normalized spacial score (nSPS) is 11.2. The predicted molar refractivity (Wildman–Crippen MR) is 111 cm³/mol. The minimum absolute atomic E-state index is 0.823. The fourth-order valence-electron chi connectivity index (χ4n) is 3.82. The Morgan fingerprint density at radius 1 is 0.778 bits per heavy atom. The first-order valence-electron chi connectivity index (χ1n) is 9.69. The van der Waals surface area contributed by atoms with Gasteiger partial charge in [0.15, 0.2) is 5.76 Å². The molecule has 3 heteroatoms. The Morgan fingerprint density at radius 3 is 2.26 bits per heavy atom. The first-order valence-corrected chi connectivity index (χ1v) is 9.69. The highest BCUT2D eigenvalue weighted by atomic mass is 16.5. The molecule has 0 bridgehead atoms. The molecule has 0 aliphatic carbocycles. The van der Waals surface area contributed by atoms with Gasteiger partial charge in [-0.3, -0.25) is 4.98 Å². The number of aromatic nitrogens is 2. The number of aryl methyl sites for hydroxylation is 2. The first kappa shape index (κ1) is 17.5. The standard InChI is InChI=1S/C24H24N2O/c1-4-16-11-20(12-17(5-2)22(16)6-3)24-14-23(26-27-24)19-8-7-18-9-10-25-15-21(18)13-19/h7-15H,4-6H2,1-3H3. The highest BCUT2D eigenvalue weighted by Crippen LogP contribution is 2.31. The van der Waals surface area contributed by atoms with Crippen LogP contribution in [0.2, 0.25) is 0 Å². The van der Waals surface area contributed by atoms with E-state index >= 15 is 0 Å². The fraction of sp³-hybridized carbons (Fsp3) is 0.250. The molecule has 0 saturated carbocycles. The summed E-state index contributed by atoms with van der Waals surface area (Å²) >= 11 is 0. The lowest BCUT2D eigenvalue weighted by atomic mass is 9.92. The van der Waals surface area contributed by atoms with Gasteiger partial charge in [0.2, 0.25) is 0 Å². The Morgan fingerprint density at radius 2 is 1.56 bits per heavy atom. The largest absolute Gasteiger partial charge is 0.356 e. The Kier molecular flexibility index (Phi) is 4.76. The molecule has 136 valence electrons. The molecule has 2 aromatic carbocycles. The summed E-state index contributed by atoms with van der Waals surface area (Å²) in [6.07, 6.45) is 6.82. The molecule has 0 fully saturated rings. The van der Waals surface area contributed by atoms with Crippen molar-refractivity contribution in [2.45, 2.75) is 40.0 Å². The zero-order chi connectivity index (χ0) is 18.8. The van der Waals surface area contributed by atoms with Crippen LogP contribution < -0.4 is 0 Å². The van der Waals surface area contributed by atoms with Crippen molar-refractivity contribution in [2.24, 2.45) is 0 Å². The third kappa shape index (κ3) is 3.25. The van der Waals surface area contributed by atoms with E-state index in [4.69, 9.17) is 4.52 Å². The molecule has 2 heterocycles. The first-order chi connectivity index (χ1) is 13.2. The zero-order valence-corrected chi connectivity index (χ0v) is 16.1. The zero-order valence-electron chi connectivity index (χ0n) is 16.1. The fourth-order valence-corrected chi connectivity index (χ4v) is 3.82. The van der Waals surface area contributed by atoms with E-state index in [1.165, 1.54) is 22.1 Å². The molecular weight excluding hydrogens is 332 g/mol. The number of rotatable bonds is 5. The van der Waals surface area contributed by atoms with E-state index in [-0.39, 0.29) is 0 Å². The van der Waals surface area contributed by atoms with Crippen LogP contribution in [0.3, 0.4) is 0 Å². The van der Waals surface area contributed by atoms with Crippen LogP contribution in [0.25, 0.3) is 33.4 Å². The molecule has 3 nitrogen and oxygen atoms in total. The van der Waals surface area contributed by atoms with Gasteiger partial charge in [-0.2, -0.15) is 0 Å². The molecule has 4 aromatic rings. The van der Waals surface area contributed by atoms with Gasteiger partial charge in [-0.25, -0.2) is 0 Å². The lowest BCUT2D eigenvalue weighted by Crippen LogP contribution is -1.98. The Bertz CT molecular complexity index is 1070. The number of pyridine rings is 1. The van der Waals surface area contributed by atoms with E-state index in [1.54, 1.807) is 0 Å². The maximum absolute atomic E-state index is 5.72. The summed E-state index contributed by atoms with van der Waals surface area (Å²) in [5.74, 6) is 0.823. The maximum atomic E-state index is 5.72. The summed E-state index contributed by atoms with van der Waals surface area (Å²) in [5, 5.41) is 6.61. The Hall–Kier alpha value is -2.94. The van der Waals surface area contributed by atoms with E-state index in [2.05, 4.69) is 61.2 Å². The minimum Gasteiger partial charge on any atom is -0.356 e. The SMILES string of the molecule is CCc1cc(-c2cc(-c3ccc4ccncc4c3)no2)cc(CC)c1CC. The van der Waals surface area contributed by atoms with E-state index in [0.29, 0.717) is 0 Å². The van der Waals surface area contributed by atoms with Gasteiger partial charge in [-0.1, -0.05) is 38.1 Å². The Balaban J connectivity index is 1.75. The molecular formula is C24H24N2O. The molecule has 2 aromatic heterocycles. The van der Waals surface area contributed by atoms with Gasteiger partial charge in [0, 0.05) is 35.0 Å². The summed E-state index contributed by atoms with van der Waals surface area (Å²) in [6, 6.07) is 14.9. The van der Waals surface area contributed by atoms with Gasteiger partial charge in [0.1, 0.15) is 5.69 Å². The van der Waals surface area contributed by atoms with Crippen LogP contribution >= 0.6 is 0 Å². The lowest BCUT2D eigenvalue weighted by Gasteiger charge is -2.13. The second kappa shape index (κ2) is 7.36. The number of hydrogen-bond acceptors (Lipinski definition) is 3. The maximum Gasteiger partial charge on any atom is 0.167 e. The van der Waals surface area contributed by atoms with Gasteiger partial charge in [0.05, 0.1) is 0 Å². The smallest absolute Gasteiger partial charge is 0.167 e. The van der Waals surface area contributed by atoms with Crippen molar-refractivity contribution >= 4 is 10.8 Å². The van der Waals surface area contributed by atoms with Crippen LogP contribution in [0.1, 0.15) is 37.5 Å². The summed E-state index contributed by atoms with van der Waals surface area (Å²) in [7, 11) is 0. The molecule has 0 spiro atoms. The van der Waals surface area contributed by atoms with Crippen LogP contribution in [0.15, 0.2) is 59.4 Å². The second-order valence-electron chi connectivity index (χ2n) is 6.85. The molecule has 0 N–H and O–H groups in total. The van der Waals surface area contributed by atoms with Crippen molar-refractivity contribution in [3.05, 3.63) is 71.5 Å². The van der Waals surface area contributed by atoms with Crippen molar-refractivity contribution in [1.82, 2.24) is 10.1 Å². The monoisotopic (exact) mass is 356 g/mol. The number of fused-ring (bicyclic) bond motifs is 1. The number of nitrogens with zero attached hydrogens (tertiary/aromatic N) is 2. The van der Waals surface area contributed by atoms with E-state index in [1.807, 2.05) is 24.5 Å². The van der Waals surface area contributed by atoms with Gasteiger partial charge in [-0.05, 0) is 65.6 Å². The Labute approximate surface area is 160 Å². The van der Waals surface area contributed by atoms with Gasteiger partial charge in [0.25, 0.3) is 0 Å².